The molecule has 3 aromatic rings. The van der Waals surface area contributed by atoms with Crippen molar-refractivity contribution >= 4 is 17.6 Å². The second-order valence-electron chi connectivity index (χ2n) is 13.7. The van der Waals surface area contributed by atoms with Crippen molar-refractivity contribution in [2.45, 2.75) is 84.7 Å². The predicted octanol–water partition coefficient (Wildman–Crippen LogP) is 8.86. The fourth-order valence-electron chi connectivity index (χ4n) is 5.69. The summed E-state index contributed by atoms with van der Waals surface area (Å²) >= 11 is 0. The maximum atomic E-state index is 14.4. The molecule has 0 spiro atoms. The van der Waals surface area contributed by atoms with E-state index in [1.165, 1.54) is 0 Å². The van der Waals surface area contributed by atoms with Gasteiger partial charge >= 0.3 is 11.9 Å². The number of carbonyl (C=O) groups excluding carboxylic acids is 2. The van der Waals surface area contributed by atoms with Crippen LogP contribution in [0.15, 0.2) is 110 Å². The number of anilines is 1. The fourth-order valence-corrected chi connectivity index (χ4v) is 5.69. The average molecular weight is 625 g/mol. The van der Waals surface area contributed by atoms with Crippen molar-refractivity contribution in [1.82, 2.24) is 4.90 Å². The third kappa shape index (κ3) is 10.7. The zero-order valence-corrected chi connectivity index (χ0v) is 28.7. The van der Waals surface area contributed by atoms with Crippen LogP contribution in [0.4, 0.5) is 5.69 Å². The molecule has 0 N–H and O–H groups in total. The zero-order chi connectivity index (χ0) is 33.9. The van der Waals surface area contributed by atoms with Gasteiger partial charge in [-0.2, -0.15) is 0 Å². The highest BCUT2D eigenvalue weighted by Gasteiger charge is 2.42. The molecule has 6 heteroatoms. The molecule has 0 fully saturated rings. The van der Waals surface area contributed by atoms with Gasteiger partial charge in [-0.3, -0.25) is 14.5 Å². The van der Waals surface area contributed by atoms with Crippen LogP contribution in [0.5, 0.6) is 0 Å². The second-order valence-corrected chi connectivity index (χ2v) is 13.7. The molecule has 3 aromatic carbocycles. The summed E-state index contributed by atoms with van der Waals surface area (Å²) in [5, 5.41) is 0. The number of para-hydroxylation sites is 1. The van der Waals surface area contributed by atoms with Gasteiger partial charge in [0.2, 0.25) is 0 Å². The van der Waals surface area contributed by atoms with E-state index in [4.69, 9.17) is 9.47 Å². The van der Waals surface area contributed by atoms with Crippen LogP contribution >= 0.6 is 0 Å². The van der Waals surface area contributed by atoms with Crippen molar-refractivity contribution in [2.75, 3.05) is 18.0 Å². The van der Waals surface area contributed by atoms with Crippen LogP contribution < -0.4 is 4.90 Å². The lowest BCUT2D eigenvalue weighted by Crippen LogP contribution is -2.43. The van der Waals surface area contributed by atoms with Crippen LogP contribution in [0.3, 0.4) is 0 Å². The summed E-state index contributed by atoms with van der Waals surface area (Å²) in [7, 11) is 0. The number of carbonyl (C=O) groups is 2. The summed E-state index contributed by atoms with van der Waals surface area (Å²) in [4.78, 5) is 32.6. The molecular formula is C40H52N2O4. The van der Waals surface area contributed by atoms with Crippen molar-refractivity contribution in [2.24, 2.45) is 5.92 Å². The maximum Gasteiger partial charge on any atom is 0.312 e. The highest BCUT2D eigenvalue weighted by molar-refractivity contribution is 5.82. The number of nitrogens with zero attached hydrogens (tertiary/aromatic N) is 2. The van der Waals surface area contributed by atoms with Crippen LogP contribution in [0, 0.1) is 5.92 Å². The molecular weight excluding hydrogens is 572 g/mol. The van der Waals surface area contributed by atoms with Gasteiger partial charge in [0.15, 0.2) is 0 Å². The van der Waals surface area contributed by atoms with Crippen LogP contribution in [0.25, 0.3) is 0 Å². The minimum atomic E-state index is -0.889. The summed E-state index contributed by atoms with van der Waals surface area (Å²) in [6.07, 6.45) is 3.56. The van der Waals surface area contributed by atoms with Crippen molar-refractivity contribution in [3.05, 3.63) is 127 Å². The van der Waals surface area contributed by atoms with E-state index in [0.29, 0.717) is 19.6 Å². The van der Waals surface area contributed by atoms with Gasteiger partial charge in [0.1, 0.15) is 11.2 Å². The third-order valence-electron chi connectivity index (χ3n) is 7.54. The largest absolute Gasteiger partial charge is 0.460 e. The third-order valence-corrected chi connectivity index (χ3v) is 7.54. The Kier molecular flexibility index (Phi) is 13.0. The first-order valence-corrected chi connectivity index (χ1v) is 16.1. The first-order chi connectivity index (χ1) is 21.7. The summed E-state index contributed by atoms with van der Waals surface area (Å²) < 4.78 is 11.9. The monoisotopic (exact) mass is 624 g/mol. The second kappa shape index (κ2) is 16.4. The Hall–Kier alpha value is -4.16. The smallest absolute Gasteiger partial charge is 0.312 e. The average Bonchev–Trinajstić information content (AvgIpc) is 2.99. The lowest BCUT2D eigenvalue weighted by Gasteiger charge is -2.42. The Bertz CT molecular complexity index is 1410. The van der Waals surface area contributed by atoms with Crippen LogP contribution in [0.1, 0.15) is 83.7 Å². The number of benzene rings is 3. The van der Waals surface area contributed by atoms with Gasteiger partial charge in [0, 0.05) is 31.4 Å². The molecule has 0 amide bonds. The number of hydrogen-bond donors (Lipinski definition) is 0. The highest BCUT2D eigenvalue weighted by atomic mass is 16.6. The molecule has 0 aliphatic carbocycles. The van der Waals surface area contributed by atoms with E-state index in [9.17, 15) is 9.59 Å². The first-order valence-electron chi connectivity index (χ1n) is 16.1. The van der Waals surface area contributed by atoms with Crippen LogP contribution in [-0.4, -0.2) is 41.1 Å². The summed E-state index contributed by atoms with van der Waals surface area (Å²) in [5.74, 6) is -1.79. The normalized spacial score (nSPS) is 13.7. The van der Waals surface area contributed by atoms with E-state index < -0.39 is 35.1 Å². The Balaban J connectivity index is 2.37. The van der Waals surface area contributed by atoms with E-state index >= 15 is 0 Å². The van der Waals surface area contributed by atoms with E-state index in [2.05, 4.69) is 66.3 Å². The Morgan fingerprint density at radius 2 is 1.28 bits per heavy atom. The number of esters is 2. The summed E-state index contributed by atoms with van der Waals surface area (Å²) in [6.45, 7) is 22.9. The number of rotatable bonds is 15. The van der Waals surface area contributed by atoms with Gasteiger partial charge in [-0.15, -0.1) is 13.2 Å². The fraction of sp³-hybridized carbons (Fsp3) is 0.400. The van der Waals surface area contributed by atoms with Crippen LogP contribution in [-0.2, 0) is 25.6 Å². The van der Waals surface area contributed by atoms with E-state index in [1.54, 1.807) is 0 Å². The van der Waals surface area contributed by atoms with Crippen LogP contribution in [0.2, 0.25) is 0 Å². The van der Waals surface area contributed by atoms with E-state index in [1.807, 2.05) is 102 Å². The maximum absolute atomic E-state index is 14.4. The van der Waals surface area contributed by atoms with Gasteiger partial charge in [-0.05, 0) is 71.2 Å². The van der Waals surface area contributed by atoms with Crippen molar-refractivity contribution in [3.63, 3.8) is 0 Å². The molecule has 3 atom stereocenters. The lowest BCUT2D eigenvalue weighted by atomic mass is 9.85. The zero-order valence-electron chi connectivity index (χ0n) is 28.7. The van der Waals surface area contributed by atoms with Gasteiger partial charge in [0.25, 0.3) is 0 Å². The molecule has 0 bridgehead atoms. The molecule has 46 heavy (non-hydrogen) atoms. The minimum Gasteiger partial charge on any atom is -0.460 e. The molecule has 0 aliphatic heterocycles. The molecule has 0 unspecified atom stereocenters. The molecule has 0 aromatic heterocycles. The standard InChI is InChI=1S/C40H52N2O4/c1-10-26-41(27-11-2)35-25-19-18-24-33(35)37(34(38(44)46-40(7,8)9)28-36(43)45-39(4,5)6)42(29-31-20-14-12-15-21-31)30(3)32-22-16-13-17-23-32/h10-25,30,34,37H,1-2,26-29H2,3-9H3/t30-,34-,37-/m1/s1. The van der Waals surface area contributed by atoms with Crippen molar-refractivity contribution < 1.29 is 19.1 Å². The first kappa shape index (κ1) is 36.3. The van der Waals surface area contributed by atoms with Gasteiger partial charge < -0.3 is 14.4 Å². The van der Waals surface area contributed by atoms with Crippen molar-refractivity contribution in [1.29, 1.82) is 0 Å². The van der Waals surface area contributed by atoms with Gasteiger partial charge in [-0.25, -0.2) is 0 Å². The molecule has 0 saturated carbocycles. The summed E-state index contributed by atoms with van der Waals surface area (Å²) in [6, 6.07) is 27.8. The van der Waals surface area contributed by atoms with E-state index in [-0.39, 0.29) is 12.5 Å². The molecule has 0 saturated heterocycles. The minimum absolute atomic E-state index is 0.143. The number of hydrogen-bond acceptors (Lipinski definition) is 6. The highest BCUT2D eigenvalue weighted by Crippen LogP contribution is 2.43. The number of ether oxygens (including phenoxy) is 2. The van der Waals surface area contributed by atoms with Gasteiger partial charge in [-0.1, -0.05) is 91.0 Å². The Morgan fingerprint density at radius 3 is 1.83 bits per heavy atom. The Morgan fingerprint density at radius 1 is 0.761 bits per heavy atom. The molecule has 246 valence electrons. The van der Waals surface area contributed by atoms with Gasteiger partial charge in [0.05, 0.1) is 18.4 Å². The molecule has 6 nitrogen and oxygen atoms in total. The molecule has 0 radical (unpaired) electrons. The van der Waals surface area contributed by atoms with E-state index in [0.717, 1.165) is 22.4 Å². The molecule has 3 rings (SSSR count). The predicted molar refractivity (Wildman–Crippen MR) is 188 cm³/mol. The lowest BCUT2D eigenvalue weighted by molar-refractivity contribution is -0.170. The SMILES string of the molecule is C=CCN(CC=C)c1ccccc1[C@H]([C@@H](CC(=O)OC(C)(C)C)C(=O)OC(C)(C)C)N(Cc1ccccc1)[C@H](C)c1ccccc1. The summed E-state index contributed by atoms with van der Waals surface area (Å²) in [5.41, 5.74) is 2.54. The van der Waals surface area contributed by atoms with Crippen molar-refractivity contribution in [3.8, 4) is 0 Å². The molecule has 0 aliphatic rings. The topological polar surface area (TPSA) is 59.1 Å². The Labute approximate surface area is 276 Å². The quantitative estimate of drug-likeness (QED) is 0.124. The molecule has 0 heterocycles.